The molecule has 96 valence electrons. The second kappa shape index (κ2) is 4.80. The molecule has 0 spiro atoms. The number of nitrogens with zero attached hydrogens (tertiary/aromatic N) is 1. The summed E-state index contributed by atoms with van der Waals surface area (Å²) in [5, 5.41) is 8.93. The predicted molar refractivity (Wildman–Crippen MR) is 68.9 cm³/mol. The zero-order valence-electron chi connectivity index (χ0n) is 10.6. The van der Waals surface area contributed by atoms with E-state index in [0.29, 0.717) is 0 Å². The molecule has 4 heteroatoms. The largest absolute Gasteiger partial charge is 0.478 e. The van der Waals surface area contributed by atoms with Crippen molar-refractivity contribution in [1.82, 2.24) is 0 Å². The van der Waals surface area contributed by atoms with Crippen molar-refractivity contribution in [2.45, 2.75) is 39.2 Å². The Balaban J connectivity index is 2.36. The molecule has 1 fully saturated rings. The third kappa shape index (κ3) is 2.23. The molecule has 0 atom stereocenters. The predicted octanol–water partition coefficient (Wildman–Crippen LogP) is 2.60. The highest BCUT2D eigenvalue weighted by molar-refractivity contribution is 5.94. The fourth-order valence-electron chi connectivity index (χ4n) is 2.33. The van der Waals surface area contributed by atoms with E-state index in [4.69, 9.17) is 5.11 Å². The van der Waals surface area contributed by atoms with E-state index in [9.17, 15) is 9.59 Å². The van der Waals surface area contributed by atoms with Crippen LogP contribution in [0.1, 0.15) is 42.1 Å². The third-order valence-electron chi connectivity index (χ3n) is 3.48. The highest BCUT2D eigenvalue weighted by Gasteiger charge is 2.29. The van der Waals surface area contributed by atoms with Crippen LogP contribution in [0.15, 0.2) is 18.2 Å². The third-order valence-corrected chi connectivity index (χ3v) is 3.48. The summed E-state index contributed by atoms with van der Waals surface area (Å²) in [5.74, 6) is -0.923. The van der Waals surface area contributed by atoms with Gasteiger partial charge in [0, 0.05) is 18.7 Å². The standard InChI is InChI=1S/C14H17NO3/c1-9-8-11(14(17)18)6-7-13(9)15(10(2)16)12-4-3-5-12/h6-8,12H,3-5H2,1-2H3,(H,17,18). The Hall–Kier alpha value is -1.84. The van der Waals surface area contributed by atoms with Gasteiger partial charge in [-0.15, -0.1) is 0 Å². The van der Waals surface area contributed by atoms with E-state index < -0.39 is 5.97 Å². The van der Waals surface area contributed by atoms with Gasteiger partial charge in [0.15, 0.2) is 0 Å². The normalized spacial score (nSPS) is 15.0. The summed E-state index contributed by atoms with van der Waals surface area (Å²) in [7, 11) is 0. The number of hydrogen-bond acceptors (Lipinski definition) is 2. The van der Waals surface area contributed by atoms with Crippen LogP contribution in [-0.4, -0.2) is 23.0 Å². The molecule has 0 aliphatic heterocycles. The van der Waals surface area contributed by atoms with Gasteiger partial charge in [0.2, 0.25) is 5.91 Å². The van der Waals surface area contributed by atoms with E-state index in [2.05, 4.69) is 0 Å². The molecule has 2 rings (SSSR count). The Kier molecular flexibility index (Phi) is 3.36. The van der Waals surface area contributed by atoms with Crippen LogP contribution in [0.2, 0.25) is 0 Å². The Morgan fingerprint density at radius 3 is 2.39 bits per heavy atom. The summed E-state index contributed by atoms with van der Waals surface area (Å²) < 4.78 is 0. The lowest BCUT2D eigenvalue weighted by molar-refractivity contribution is -0.117. The van der Waals surface area contributed by atoms with Gasteiger partial charge in [-0.3, -0.25) is 4.79 Å². The summed E-state index contributed by atoms with van der Waals surface area (Å²) in [6, 6.07) is 5.18. The number of anilines is 1. The van der Waals surface area contributed by atoms with E-state index in [0.717, 1.165) is 30.5 Å². The molecular weight excluding hydrogens is 230 g/mol. The van der Waals surface area contributed by atoms with Gasteiger partial charge in [0.1, 0.15) is 0 Å². The fourth-order valence-corrected chi connectivity index (χ4v) is 2.33. The van der Waals surface area contributed by atoms with E-state index in [1.54, 1.807) is 30.0 Å². The summed E-state index contributed by atoms with van der Waals surface area (Å²) in [6.45, 7) is 3.40. The van der Waals surface area contributed by atoms with Crippen molar-refractivity contribution < 1.29 is 14.7 Å². The van der Waals surface area contributed by atoms with E-state index in [1.807, 2.05) is 6.92 Å². The summed E-state index contributed by atoms with van der Waals surface area (Å²) in [6.07, 6.45) is 3.21. The van der Waals surface area contributed by atoms with E-state index in [1.165, 1.54) is 0 Å². The number of rotatable bonds is 3. The van der Waals surface area contributed by atoms with Crippen molar-refractivity contribution >= 4 is 17.6 Å². The SMILES string of the molecule is CC(=O)N(c1ccc(C(=O)O)cc1C)C1CCC1. The van der Waals surface area contributed by atoms with Gasteiger partial charge in [-0.1, -0.05) is 0 Å². The molecule has 0 unspecified atom stereocenters. The number of amides is 1. The van der Waals surface area contributed by atoms with Gasteiger partial charge in [-0.05, 0) is 49.9 Å². The van der Waals surface area contributed by atoms with Crippen LogP contribution in [-0.2, 0) is 4.79 Å². The maximum atomic E-state index is 11.8. The van der Waals surface area contributed by atoms with Gasteiger partial charge < -0.3 is 10.0 Å². The van der Waals surface area contributed by atoms with Gasteiger partial charge >= 0.3 is 5.97 Å². The molecule has 1 aliphatic carbocycles. The Bertz CT molecular complexity index is 492. The van der Waals surface area contributed by atoms with E-state index in [-0.39, 0.29) is 17.5 Å². The molecule has 0 radical (unpaired) electrons. The minimum absolute atomic E-state index is 0.0193. The smallest absolute Gasteiger partial charge is 0.335 e. The van der Waals surface area contributed by atoms with Crippen molar-refractivity contribution in [2.75, 3.05) is 4.90 Å². The molecule has 0 bridgehead atoms. The van der Waals surface area contributed by atoms with Gasteiger partial charge in [-0.2, -0.15) is 0 Å². The average Bonchev–Trinajstić information content (AvgIpc) is 2.23. The number of carbonyl (C=O) groups is 2. The molecular formula is C14H17NO3. The van der Waals surface area contributed by atoms with E-state index >= 15 is 0 Å². The van der Waals surface area contributed by atoms with Crippen molar-refractivity contribution in [3.63, 3.8) is 0 Å². The Morgan fingerprint density at radius 2 is 2.00 bits per heavy atom. The molecule has 1 N–H and O–H groups in total. The number of aryl methyl sites for hydroxylation is 1. The van der Waals surface area contributed by atoms with Crippen LogP contribution >= 0.6 is 0 Å². The maximum absolute atomic E-state index is 11.8. The summed E-state index contributed by atoms with van der Waals surface area (Å²) >= 11 is 0. The number of hydrogen-bond donors (Lipinski definition) is 1. The Morgan fingerprint density at radius 1 is 1.33 bits per heavy atom. The molecule has 0 saturated heterocycles. The average molecular weight is 247 g/mol. The number of benzene rings is 1. The molecule has 0 heterocycles. The minimum Gasteiger partial charge on any atom is -0.478 e. The first-order chi connectivity index (χ1) is 8.50. The summed E-state index contributed by atoms with van der Waals surface area (Å²) in [5.41, 5.74) is 1.92. The van der Waals surface area contributed by atoms with Crippen LogP contribution in [0.4, 0.5) is 5.69 Å². The highest BCUT2D eigenvalue weighted by Crippen LogP contribution is 2.32. The number of aromatic carboxylic acids is 1. The molecule has 0 aromatic heterocycles. The summed E-state index contributed by atoms with van der Waals surface area (Å²) in [4.78, 5) is 24.4. The monoisotopic (exact) mass is 247 g/mol. The zero-order valence-corrected chi connectivity index (χ0v) is 10.6. The lowest BCUT2D eigenvalue weighted by Crippen LogP contribution is -2.43. The van der Waals surface area contributed by atoms with Gasteiger partial charge in [-0.25, -0.2) is 4.79 Å². The Labute approximate surface area is 106 Å². The first-order valence-electron chi connectivity index (χ1n) is 6.14. The van der Waals surface area contributed by atoms with Crippen LogP contribution in [0.25, 0.3) is 0 Å². The van der Waals surface area contributed by atoms with Crippen molar-refractivity contribution in [2.24, 2.45) is 0 Å². The van der Waals surface area contributed by atoms with Crippen molar-refractivity contribution in [1.29, 1.82) is 0 Å². The molecule has 1 amide bonds. The first-order valence-corrected chi connectivity index (χ1v) is 6.14. The second-order valence-corrected chi connectivity index (χ2v) is 4.78. The first kappa shape index (κ1) is 12.6. The van der Waals surface area contributed by atoms with Crippen LogP contribution in [0.5, 0.6) is 0 Å². The molecule has 1 saturated carbocycles. The minimum atomic E-state index is -0.942. The van der Waals surface area contributed by atoms with Crippen LogP contribution in [0.3, 0.4) is 0 Å². The maximum Gasteiger partial charge on any atom is 0.335 e. The second-order valence-electron chi connectivity index (χ2n) is 4.78. The molecule has 1 aliphatic rings. The topological polar surface area (TPSA) is 57.6 Å². The molecule has 4 nitrogen and oxygen atoms in total. The van der Waals surface area contributed by atoms with Gasteiger partial charge in [0.05, 0.1) is 5.56 Å². The van der Waals surface area contributed by atoms with Crippen LogP contribution < -0.4 is 4.90 Å². The van der Waals surface area contributed by atoms with Crippen molar-refractivity contribution in [3.8, 4) is 0 Å². The number of carboxylic acid groups (broad SMARTS) is 1. The molecule has 18 heavy (non-hydrogen) atoms. The fraction of sp³-hybridized carbons (Fsp3) is 0.429. The molecule has 1 aromatic rings. The van der Waals surface area contributed by atoms with Crippen LogP contribution in [0, 0.1) is 6.92 Å². The highest BCUT2D eigenvalue weighted by atomic mass is 16.4. The zero-order chi connectivity index (χ0) is 13.3. The lowest BCUT2D eigenvalue weighted by atomic mass is 9.90. The quantitative estimate of drug-likeness (QED) is 0.893. The lowest BCUT2D eigenvalue weighted by Gasteiger charge is -2.37. The number of carboxylic acids is 1. The molecule has 1 aromatic carbocycles. The van der Waals surface area contributed by atoms with Gasteiger partial charge in [0.25, 0.3) is 0 Å². The number of carbonyl (C=O) groups excluding carboxylic acids is 1. The van der Waals surface area contributed by atoms with Crippen molar-refractivity contribution in [3.05, 3.63) is 29.3 Å².